The van der Waals surface area contributed by atoms with Crippen molar-refractivity contribution in [3.63, 3.8) is 0 Å². The van der Waals surface area contributed by atoms with Crippen LogP contribution in [-0.4, -0.2) is 28.8 Å². The highest BCUT2D eigenvalue weighted by Crippen LogP contribution is 2.19. The number of halogens is 1. The van der Waals surface area contributed by atoms with Crippen molar-refractivity contribution in [2.24, 2.45) is 0 Å². The molecule has 3 rings (SSSR count). The van der Waals surface area contributed by atoms with Gasteiger partial charge in [0.25, 0.3) is 0 Å². The predicted molar refractivity (Wildman–Crippen MR) is 141 cm³/mol. The zero-order valence-corrected chi connectivity index (χ0v) is 21.7. The number of nitrogens with one attached hydrogen (secondary N) is 1. The molecule has 0 saturated carbocycles. The van der Waals surface area contributed by atoms with E-state index >= 15 is 0 Å². The van der Waals surface area contributed by atoms with Gasteiger partial charge < -0.3 is 10.2 Å². The highest BCUT2D eigenvalue weighted by atomic mass is 79.9. The third-order valence-corrected chi connectivity index (χ3v) is 6.50. The molecule has 0 aliphatic heterocycles. The molecule has 3 aromatic carbocycles. The van der Waals surface area contributed by atoms with Crippen LogP contribution in [0, 0.1) is 6.92 Å². The van der Waals surface area contributed by atoms with Crippen LogP contribution in [0.15, 0.2) is 83.3 Å². The SMILES string of the molecule is CC[C@@H](C)NC(=O)[C@@H](Cc1ccccc1)N(Cc1ccc(Br)cc1)C(=O)Cc1cccc(C)c1. The molecule has 2 atom stereocenters. The van der Waals surface area contributed by atoms with Crippen molar-refractivity contribution in [1.29, 1.82) is 0 Å². The normalized spacial score (nSPS) is 12.6. The van der Waals surface area contributed by atoms with Gasteiger partial charge in [0.2, 0.25) is 11.8 Å². The molecule has 0 spiro atoms. The Balaban J connectivity index is 1.96. The second-order valence-electron chi connectivity index (χ2n) is 8.84. The number of aryl methyl sites for hydroxylation is 1. The summed E-state index contributed by atoms with van der Waals surface area (Å²) < 4.78 is 0.976. The summed E-state index contributed by atoms with van der Waals surface area (Å²) in [7, 11) is 0. The summed E-state index contributed by atoms with van der Waals surface area (Å²) in [5.74, 6) is -0.179. The molecule has 0 unspecified atom stereocenters. The van der Waals surface area contributed by atoms with Crippen LogP contribution in [0.1, 0.15) is 42.5 Å². The fraction of sp³-hybridized carbons (Fsp3) is 0.310. The maximum absolute atomic E-state index is 13.7. The van der Waals surface area contributed by atoms with Crippen molar-refractivity contribution in [3.05, 3.63) is 106 Å². The Morgan fingerprint density at radius 1 is 0.912 bits per heavy atom. The molecule has 4 nitrogen and oxygen atoms in total. The quantitative estimate of drug-likeness (QED) is 0.364. The number of nitrogens with zero attached hydrogens (tertiary/aromatic N) is 1. The maximum atomic E-state index is 13.7. The number of hydrogen-bond acceptors (Lipinski definition) is 2. The molecule has 0 aromatic heterocycles. The lowest BCUT2D eigenvalue weighted by atomic mass is 10.0. The van der Waals surface area contributed by atoms with Crippen molar-refractivity contribution in [2.45, 2.75) is 58.7 Å². The summed E-state index contributed by atoms with van der Waals surface area (Å²) in [6.45, 7) is 6.42. The van der Waals surface area contributed by atoms with Gasteiger partial charge >= 0.3 is 0 Å². The molecule has 5 heteroatoms. The molecule has 0 fully saturated rings. The second kappa shape index (κ2) is 12.5. The van der Waals surface area contributed by atoms with Crippen LogP contribution < -0.4 is 5.32 Å². The molecule has 0 saturated heterocycles. The Morgan fingerprint density at radius 3 is 2.24 bits per heavy atom. The third kappa shape index (κ3) is 7.56. The molecule has 0 aliphatic carbocycles. The molecule has 2 amide bonds. The molecule has 3 aromatic rings. The number of rotatable bonds is 10. The van der Waals surface area contributed by atoms with Gasteiger partial charge in [-0.3, -0.25) is 9.59 Å². The van der Waals surface area contributed by atoms with Crippen LogP contribution in [0.3, 0.4) is 0 Å². The summed E-state index contributed by atoms with van der Waals surface area (Å²) in [6, 6.07) is 25.2. The summed E-state index contributed by atoms with van der Waals surface area (Å²) in [5.41, 5.74) is 4.07. The van der Waals surface area contributed by atoms with Crippen LogP contribution in [0.25, 0.3) is 0 Å². The van der Waals surface area contributed by atoms with Crippen LogP contribution >= 0.6 is 15.9 Å². The van der Waals surface area contributed by atoms with Crippen molar-refractivity contribution in [2.75, 3.05) is 0 Å². The van der Waals surface area contributed by atoms with E-state index in [0.29, 0.717) is 13.0 Å². The van der Waals surface area contributed by atoms with E-state index in [0.717, 1.165) is 33.1 Å². The lowest BCUT2D eigenvalue weighted by Gasteiger charge is -2.32. The van der Waals surface area contributed by atoms with Gasteiger partial charge in [-0.1, -0.05) is 95.1 Å². The third-order valence-electron chi connectivity index (χ3n) is 5.98. The highest BCUT2D eigenvalue weighted by molar-refractivity contribution is 9.10. The Labute approximate surface area is 211 Å². The Kier molecular flexibility index (Phi) is 9.46. The maximum Gasteiger partial charge on any atom is 0.243 e. The first kappa shape index (κ1) is 25.7. The lowest BCUT2D eigenvalue weighted by Crippen LogP contribution is -2.52. The van der Waals surface area contributed by atoms with Crippen LogP contribution in [0.5, 0.6) is 0 Å². The molecule has 0 bridgehead atoms. The standard InChI is InChI=1S/C29H33BrN2O2/c1-4-22(3)31-29(34)27(18-23-10-6-5-7-11-23)32(20-24-13-15-26(30)16-14-24)28(33)19-25-12-8-9-21(2)17-25/h5-17,22,27H,4,18-20H2,1-3H3,(H,31,34)/t22-,27-/m1/s1. The minimum absolute atomic E-state index is 0.0344. The minimum Gasteiger partial charge on any atom is -0.352 e. The smallest absolute Gasteiger partial charge is 0.243 e. The van der Waals surface area contributed by atoms with Gasteiger partial charge in [-0.15, -0.1) is 0 Å². The van der Waals surface area contributed by atoms with Crippen LogP contribution in [-0.2, 0) is 29.0 Å². The number of carbonyl (C=O) groups is 2. The van der Waals surface area contributed by atoms with Crippen LogP contribution in [0.4, 0.5) is 0 Å². The average molecular weight is 521 g/mol. The topological polar surface area (TPSA) is 49.4 Å². The van der Waals surface area contributed by atoms with E-state index in [1.54, 1.807) is 4.90 Å². The summed E-state index contributed by atoms with van der Waals surface area (Å²) in [4.78, 5) is 29.0. The van der Waals surface area contributed by atoms with E-state index < -0.39 is 6.04 Å². The highest BCUT2D eigenvalue weighted by Gasteiger charge is 2.31. The predicted octanol–water partition coefficient (Wildman–Crippen LogP) is 5.85. The first-order valence-corrected chi connectivity index (χ1v) is 12.6. The molecule has 34 heavy (non-hydrogen) atoms. The van der Waals surface area contributed by atoms with Gasteiger partial charge in [0.05, 0.1) is 6.42 Å². The molecule has 0 aliphatic rings. The van der Waals surface area contributed by atoms with Crippen molar-refractivity contribution in [3.8, 4) is 0 Å². The van der Waals surface area contributed by atoms with Gasteiger partial charge in [-0.25, -0.2) is 0 Å². The molecular weight excluding hydrogens is 488 g/mol. The zero-order chi connectivity index (χ0) is 24.5. The van der Waals surface area contributed by atoms with E-state index in [-0.39, 0.29) is 24.3 Å². The van der Waals surface area contributed by atoms with Crippen LogP contribution in [0.2, 0.25) is 0 Å². The van der Waals surface area contributed by atoms with Gasteiger partial charge in [0.15, 0.2) is 0 Å². The van der Waals surface area contributed by atoms with E-state index in [2.05, 4.69) is 21.2 Å². The van der Waals surface area contributed by atoms with E-state index in [1.165, 1.54) is 0 Å². The lowest BCUT2D eigenvalue weighted by molar-refractivity contribution is -0.141. The fourth-order valence-corrected chi connectivity index (χ4v) is 4.14. The fourth-order valence-electron chi connectivity index (χ4n) is 3.88. The second-order valence-corrected chi connectivity index (χ2v) is 9.75. The number of hydrogen-bond donors (Lipinski definition) is 1. The van der Waals surface area contributed by atoms with Gasteiger partial charge in [0, 0.05) is 23.5 Å². The molecule has 0 heterocycles. The Hall–Kier alpha value is -2.92. The first-order valence-electron chi connectivity index (χ1n) is 11.8. The average Bonchev–Trinajstić information content (AvgIpc) is 2.83. The molecule has 178 valence electrons. The van der Waals surface area contributed by atoms with Gasteiger partial charge in [0.1, 0.15) is 6.04 Å². The van der Waals surface area contributed by atoms with Crippen molar-refractivity contribution < 1.29 is 9.59 Å². The van der Waals surface area contributed by atoms with Crippen molar-refractivity contribution in [1.82, 2.24) is 10.2 Å². The van der Waals surface area contributed by atoms with E-state index in [9.17, 15) is 9.59 Å². The molecule has 0 radical (unpaired) electrons. The summed E-state index contributed by atoms with van der Waals surface area (Å²) in [5, 5.41) is 3.11. The number of carbonyl (C=O) groups excluding carboxylic acids is 2. The van der Waals surface area contributed by atoms with Gasteiger partial charge in [-0.2, -0.15) is 0 Å². The first-order chi connectivity index (χ1) is 16.4. The van der Waals surface area contributed by atoms with E-state index in [4.69, 9.17) is 0 Å². The summed E-state index contributed by atoms with van der Waals surface area (Å²) >= 11 is 3.48. The molecule has 1 N–H and O–H groups in total. The summed E-state index contributed by atoms with van der Waals surface area (Å²) in [6.07, 6.45) is 1.53. The van der Waals surface area contributed by atoms with Gasteiger partial charge in [-0.05, 0) is 49.1 Å². The molecular formula is C29H33BrN2O2. The monoisotopic (exact) mass is 520 g/mol. The largest absolute Gasteiger partial charge is 0.352 e. The van der Waals surface area contributed by atoms with E-state index in [1.807, 2.05) is 99.6 Å². The van der Waals surface area contributed by atoms with Crippen molar-refractivity contribution >= 4 is 27.7 Å². The minimum atomic E-state index is -0.614. The number of amides is 2. The Bertz CT molecular complexity index is 1080. The zero-order valence-electron chi connectivity index (χ0n) is 20.1. The number of benzene rings is 3. The Morgan fingerprint density at radius 2 is 1.59 bits per heavy atom.